The number of hydrogen-bond donors (Lipinski definition) is 1. The van der Waals surface area contributed by atoms with Crippen LogP contribution in [0.2, 0.25) is 0 Å². The third-order valence-corrected chi connectivity index (χ3v) is 3.46. The Morgan fingerprint density at radius 3 is 2.27 bits per heavy atom. The van der Waals surface area contributed by atoms with Crippen molar-refractivity contribution in [3.8, 4) is 11.1 Å². The molecule has 1 N–H and O–H groups in total. The highest BCUT2D eigenvalue weighted by molar-refractivity contribution is 5.99. The van der Waals surface area contributed by atoms with E-state index in [2.05, 4.69) is 65.9 Å². The Balaban J connectivity index is 0.000000346. The zero-order valence-electron chi connectivity index (χ0n) is 13.3. The van der Waals surface area contributed by atoms with Crippen molar-refractivity contribution in [2.24, 2.45) is 0 Å². The standard InChI is InChI=1S/C16H18.C2H6O3Si/c1-2-3-9-14-12-7-8-13-16(14)15-10-5-4-6-11-15;3-2(4)1-5-6/h4-8,10-13H,2-3,9H2,1H3;1H2,6H3,(H,3,4). The van der Waals surface area contributed by atoms with Crippen LogP contribution >= 0.6 is 0 Å². The largest absolute Gasteiger partial charge is 0.480 e. The molecule has 0 amide bonds. The Bertz CT molecular complexity index is 555. The second-order valence-corrected chi connectivity index (χ2v) is 5.53. The fraction of sp³-hybridized carbons (Fsp3) is 0.278. The van der Waals surface area contributed by atoms with Crippen LogP contribution in [-0.2, 0) is 15.6 Å². The van der Waals surface area contributed by atoms with E-state index in [1.54, 1.807) is 0 Å². The summed E-state index contributed by atoms with van der Waals surface area (Å²) in [5.74, 6) is -0.898. The van der Waals surface area contributed by atoms with Gasteiger partial charge in [0.1, 0.15) is 17.1 Å². The van der Waals surface area contributed by atoms with Gasteiger partial charge in [0.2, 0.25) is 0 Å². The van der Waals surface area contributed by atoms with E-state index in [0.717, 1.165) is 0 Å². The minimum atomic E-state index is -0.898. The Morgan fingerprint density at radius 1 is 1.09 bits per heavy atom. The normalized spacial score (nSPS) is 9.86. The smallest absolute Gasteiger partial charge is 0.328 e. The molecule has 4 heteroatoms. The molecule has 0 heterocycles. The first-order valence-electron chi connectivity index (χ1n) is 7.53. The maximum atomic E-state index is 9.50. The maximum absolute atomic E-state index is 9.50. The first-order valence-corrected chi connectivity index (χ1v) is 8.34. The van der Waals surface area contributed by atoms with Crippen molar-refractivity contribution >= 4 is 16.5 Å². The molecule has 0 aliphatic heterocycles. The van der Waals surface area contributed by atoms with E-state index in [1.165, 1.54) is 36.0 Å². The van der Waals surface area contributed by atoms with E-state index in [1.807, 2.05) is 0 Å². The summed E-state index contributed by atoms with van der Waals surface area (Å²) in [4.78, 5) is 9.50. The van der Waals surface area contributed by atoms with Gasteiger partial charge < -0.3 is 9.53 Å². The quantitative estimate of drug-likeness (QED) is 0.833. The summed E-state index contributed by atoms with van der Waals surface area (Å²) >= 11 is 0. The van der Waals surface area contributed by atoms with E-state index in [0.29, 0.717) is 10.5 Å². The molecule has 22 heavy (non-hydrogen) atoms. The van der Waals surface area contributed by atoms with Crippen LogP contribution < -0.4 is 0 Å². The van der Waals surface area contributed by atoms with Crippen LogP contribution in [-0.4, -0.2) is 28.2 Å². The monoisotopic (exact) mass is 316 g/mol. The first kappa shape index (κ1) is 18.1. The van der Waals surface area contributed by atoms with Crippen molar-refractivity contribution in [1.29, 1.82) is 0 Å². The second-order valence-electron chi connectivity index (χ2n) is 4.95. The summed E-state index contributed by atoms with van der Waals surface area (Å²) in [5, 5.41) is 7.81. The number of aliphatic carboxylic acids is 1. The van der Waals surface area contributed by atoms with Crippen molar-refractivity contribution < 1.29 is 14.3 Å². The number of carboxylic acid groups (broad SMARTS) is 1. The van der Waals surface area contributed by atoms with Gasteiger partial charge in [-0.2, -0.15) is 0 Å². The highest BCUT2D eigenvalue weighted by Crippen LogP contribution is 2.24. The molecule has 0 aliphatic carbocycles. The zero-order chi connectivity index (χ0) is 16.2. The van der Waals surface area contributed by atoms with Gasteiger partial charge in [0.05, 0.1) is 0 Å². The third kappa shape index (κ3) is 6.69. The zero-order valence-corrected chi connectivity index (χ0v) is 15.3. The molecule has 0 saturated heterocycles. The van der Waals surface area contributed by atoms with E-state index in [4.69, 9.17) is 5.11 Å². The lowest BCUT2D eigenvalue weighted by Crippen LogP contribution is -2.03. The molecule has 2 aromatic rings. The number of carboxylic acids is 1. The first-order chi connectivity index (χ1) is 10.7. The lowest BCUT2D eigenvalue weighted by Gasteiger charge is -2.08. The molecular formula is C18H24O3Si. The Labute approximate surface area is 135 Å². The summed E-state index contributed by atoms with van der Waals surface area (Å²) in [6.07, 6.45) is 3.70. The van der Waals surface area contributed by atoms with Gasteiger partial charge in [-0.05, 0) is 29.5 Å². The molecule has 0 spiro atoms. The third-order valence-electron chi connectivity index (χ3n) is 3.17. The molecule has 2 aromatic carbocycles. The van der Waals surface area contributed by atoms with Gasteiger partial charge in [0, 0.05) is 0 Å². The van der Waals surface area contributed by atoms with Crippen LogP contribution in [0.25, 0.3) is 11.1 Å². The van der Waals surface area contributed by atoms with Crippen LogP contribution in [0.4, 0.5) is 0 Å². The minimum absolute atomic E-state index is 0.147. The van der Waals surface area contributed by atoms with Crippen molar-refractivity contribution in [2.45, 2.75) is 26.2 Å². The molecule has 0 radical (unpaired) electrons. The Kier molecular flexibility index (Phi) is 8.87. The SMILES string of the molecule is CCCCc1ccccc1-c1ccccc1.O=C(O)CO[SiH3]. The highest BCUT2D eigenvalue weighted by atomic mass is 28.2. The van der Waals surface area contributed by atoms with E-state index in [9.17, 15) is 4.79 Å². The Morgan fingerprint density at radius 2 is 1.73 bits per heavy atom. The second kappa shape index (κ2) is 10.8. The number of hydrogen-bond acceptors (Lipinski definition) is 2. The molecule has 0 aliphatic rings. The lowest BCUT2D eigenvalue weighted by molar-refractivity contribution is -0.139. The van der Waals surface area contributed by atoms with Gasteiger partial charge in [-0.1, -0.05) is 67.9 Å². The van der Waals surface area contributed by atoms with Gasteiger partial charge in [0.15, 0.2) is 0 Å². The number of benzene rings is 2. The summed E-state index contributed by atoms with van der Waals surface area (Å²) in [6, 6.07) is 19.4. The summed E-state index contributed by atoms with van der Waals surface area (Å²) in [6.45, 7) is 2.09. The highest BCUT2D eigenvalue weighted by Gasteiger charge is 2.02. The summed E-state index contributed by atoms with van der Waals surface area (Å²) < 4.78 is 4.34. The summed E-state index contributed by atoms with van der Waals surface area (Å²) in [5.41, 5.74) is 4.18. The number of unbranched alkanes of at least 4 members (excludes halogenated alkanes) is 1. The van der Waals surface area contributed by atoms with Crippen LogP contribution in [0.5, 0.6) is 0 Å². The number of aryl methyl sites for hydroxylation is 1. The minimum Gasteiger partial charge on any atom is -0.480 e. The maximum Gasteiger partial charge on any atom is 0.328 e. The molecule has 0 saturated carbocycles. The van der Waals surface area contributed by atoms with Crippen LogP contribution in [0.3, 0.4) is 0 Å². The van der Waals surface area contributed by atoms with E-state index in [-0.39, 0.29) is 6.61 Å². The number of rotatable bonds is 6. The lowest BCUT2D eigenvalue weighted by atomic mass is 9.96. The van der Waals surface area contributed by atoms with Crippen LogP contribution in [0.15, 0.2) is 54.6 Å². The van der Waals surface area contributed by atoms with Crippen molar-refractivity contribution in [3.05, 3.63) is 60.2 Å². The Hall–Kier alpha value is -1.91. The number of carbonyl (C=O) groups is 1. The molecule has 0 fully saturated rings. The molecule has 3 nitrogen and oxygen atoms in total. The molecule has 0 bridgehead atoms. The average molecular weight is 316 g/mol. The topological polar surface area (TPSA) is 46.5 Å². The van der Waals surface area contributed by atoms with Gasteiger partial charge >= 0.3 is 5.97 Å². The predicted molar refractivity (Wildman–Crippen MR) is 94.0 cm³/mol. The van der Waals surface area contributed by atoms with Crippen molar-refractivity contribution in [1.82, 2.24) is 0 Å². The summed E-state index contributed by atoms with van der Waals surface area (Å²) in [7, 11) is 0.506. The van der Waals surface area contributed by atoms with Crippen molar-refractivity contribution in [2.75, 3.05) is 6.61 Å². The van der Waals surface area contributed by atoms with Gasteiger partial charge in [-0.3, -0.25) is 0 Å². The predicted octanol–water partition coefficient (Wildman–Crippen LogP) is 3.06. The molecule has 0 atom stereocenters. The van der Waals surface area contributed by atoms with Gasteiger partial charge in [-0.15, -0.1) is 0 Å². The van der Waals surface area contributed by atoms with Crippen molar-refractivity contribution in [3.63, 3.8) is 0 Å². The fourth-order valence-corrected chi connectivity index (χ4v) is 2.38. The van der Waals surface area contributed by atoms with Crippen LogP contribution in [0.1, 0.15) is 25.3 Å². The molecule has 2 rings (SSSR count). The fourth-order valence-electron chi connectivity index (χ4n) is 2.13. The molecule has 0 unspecified atom stereocenters. The van der Waals surface area contributed by atoms with E-state index < -0.39 is 5.97 Å². The molecule has 0 aromatic heterocycles. The van der Waals surface area contributed by atoms with E-state index >= 15 is 0 Å². The van der Waals surface area contributed by atoms with Gasteiger partial charge in [0.25, 0.3) is 0 Å². The molecular weight excluding hydrogens is 292 g/mol. The average Bonchev–Trinajstić information content (AvgIpc) is 2.54. The molecule has 118 valence electrons. The van der Waals surface area contributed by atoms with Crippen LogP contribution in [0, 0.1) is 0 Å². The van der Waals surface area contributed by atoms with Gasteiger partial charge in [-0.25, -0.2) is 4.79 Å².